The molecule has 140 valence electrons. The van der Waals surface area contributed by atoms with Gasteiger partial charge in [-0.2, -0.15) is 0 Å². The van der Waals surface area contributed by atoms with Crippen LogP contribution in [0.4, 0.5) is 0 Å². The van der Waals surface area contributed by atoms with Crippen LogP contribution in [0, 0.1) is 5.92 Å². The number of aliphatic hydroxyl groups excluding tert-OH is 1. The zero-order valence-corrected chi connectivity index (χ0v) is 15.8. The Morgan fingerprint density at radius 2 is 2.12 bits per heavy atom. The van der Waals surface area contributed by atoms with Crippen molar-refractivity contribution in [1.82, 2.24) is 9.97 Å². The monoisotopic (exact) mass is 375 g/mol. The predicted octanol–water partition coefficient (Wildman–Crippen LogP) is 2.91. The molecule has 3 N–H and O–H groups in total. The number of hydrogen-bond acceptors (Lipinski definition) is 6. The van der Waals surface area contributed by atoms with Crippen molar-refractivity contribution < 1.29 is 14.6 Å². The van der Waals surface area contributed by atoms with Gasteiger partial charge in [0.05, 0.1) is 5.39 Å². The van der Waals surface area contributed by atoms with E-state index in [1.54, 1.807) is 17.7 Å². The number of ether oxygens (including phenoxy) is 1. The van der Waals surface area contributed by atoms with E-state index in [0.717, 1.165) is 47.4 Å². The normalized spacial score (nSPS) is 26.6. The third-order valence-corrected chi connectivity index (χ3v) is 6.95. The third kappa shape index (κ3) is 3.30. The Labute approximate surface area is 156 Å². The van der Waals surface area contributed by atoms with Gasteiger partial charge in [0.25, 0.3) is 0 Å². The van der Waals surface area contributed by atoms with E-state index < -0.39 is 12.0 Å². The number of primary amides is 1. The summed E-state index contributed by atoms with van der Waals surface area (Å²) < 4.78 is 6.30. The van der Waals surface area contributed by atoms with Gasteiger partial charge < -0.3 is 15.6 Å². The quantitative estimate of drug-likeness (QED) is 0.837. The zero-order valence-electron chi connectivity index (χ0n) is 15.0. The smallest absolute Gasteiger partial charge is 0.246 e. The van der Waals surface area contributed by atoms with Crippen LogP contribution in [0.15, 0.2) is 6.33 Å². The fourth-order valence-corrected chi connectivity index (χ4v) is 5.49. The van der Waals surface area contributed by atoms with Crippen LogP contribution in [0.1, 0.15) is 61.8 Å². The number of amides is 1. The minimum Gasteiger partial charge on any atom is -0.474 e. The molecule has 4 rings (SSSR count). The van der Waals surface area contributed by atoms with Gasteiger partial charge in [-0.05, 0) is 62.3 Å². The van der Waals surface area contributed by atoms with Crippen molar-refractivity contribution in [3.63, 3.8) is 0 Å². The summed E-state index contributed by atoms with van der Waals surface area (Å²) in [4.78, 5) is 22.4. The Balaban J connectivity index is 1.64. The maximum absolute atomic E-state index is 11.3. The lowest BCUT2D eigenvalue weighted by atomic mass is 9.89. The van der Waals surface area contributed by atoms with Crippen molar-refractivity contribution in [2.45, 2.75) is 70.0 Å². The minimum absolute atomic E-state index is 0.0981. The number of hydrogen-bond donors (Lipinski definition) is 2. The highest BCUT2D eigenvalue weighted by molar-refractivity contribution is 7.19. The van der Waals surface area contributed by atoms with Gasteiger partial charge in [0.15, 0.2) is 0 Å². The molecule has 26 heavy (non-hydrogen) atoms. The number of carbonyl (C=O) groups is 1. The molecule has 1 saturated carbocycles. The second kappa shape index (κ2) is 7.12. The highest BCUT2D eigenvalue weighted by Crippen LogP contribution is 2.47. The van der Waals surface area contributed by atoms with E-state index in [9.17, 15) is 9.90 Å². The lowest BCUT2D eigenvalue weighted by molar-refractivity contribution is -0.126. The van der Waals surface area contributed by atoms with E-state index in [0.29, 0.717) is 12.3 Å². The largest absolute Gasteiger partial charge is 0.474 e. The maximum Gasteiger partial charge on any atom is 0.246 e. The molecule has 1 amide bonds. The molecular formula is C19H25N3O3S. The summed E-state index contributed by atoms with van der Waals surface area (Å²) in [6.07, 6.45) is 7.36. The first-order valence-electron chi connectivity index (χ1n) is 9.43. The number of fused-ring (bicyclic) bond motifs is 3. The summed E-state index contributed by atoms with van der Waals surface area (Å²) in [7, 11) is 0. The first kappa shape index (κ1) is 17.7. The van der Waals surface area contributed by atoms with Crippen LogP contribution in [0.25, 0.3) is 10.2 Å². The van der Waals surface area contributed by atoms with Crippen molar-refractivity contribution in [3.05, 3.63) is 16.8 Å². The molecule has 0 aliphatic heterocycles. The predicted molar refractivity (Wildman–Crippen MR) is 100 cm³/mol. The van der Waals surface area contributed by atoms with Crippen molar-refractivity contribution >= 4 is 27.5 Å². The third-order valence-electron chi connectivity index (χ3n) is 5.77. The lowest BCUT2D eigenvalue weighted by Crippen LogP contribution is -2.29. The van der Waals surface area contributed by atoms with Crippen LogP contribution in [0.5, 0.6) is 5.88 Å². The van der Waals surface area contributed by atoms with E-state index in [1.165, 1.54) is 17.7 Å². The Bertz CT molecular complexity index is 814. The van der Waals surface area contributed by atoms with Crippen LogP contribution in [0.3, 0.4) is 0 Å². The number of aliphatic hydroxyl groups is 1. The van der Waals surface area contributed by atoms with Gasteiger partial charge >= 0.3 is 0 Å². The van der Waals surface area contributed by atoms with Gasteiger partial charge in [-0.1, -0.05) is 6.92 Å². The number of thiophene rings is 1. The van der Waals surface area contributed by atoms with Crippen LogP contribution in [0.2, 0.25) is 0 Å². The van der Waals surface area contributed by atoms with Crippen molar-refractivity contribution in [2.75, 3.05) is 0 Å². The summed E-state index contributed by atoms with van der Waals surface area (Å²) in [5.41, 5.74) is 6.41. The van der Waals surface area contributed by atoms with Gasteiger partial charge in [-0.25, -0.2) is 9.97 Å². The first-order chi connectivity index (χ1) is 12.5. The molecule has 0 bridgehead atoms. The zero-order chi connectivity index (χ0) is 18.3. The van der Waals surface area contributed by atoms with Crippen molar-refractivity contribution in [1.29, 1.82) is 0 Å². The Kier molecular flexibility index (Phi) is 4.84. The Morgan fingerprint density at radius 3 is 2.85 bits per heavy atom. The van der Waals surface area contributed by atoms with Crippen LogP contribution >= 0.6 is 11.3 Å². The highest BCUT2D eigenvalue weighted by Gasteiger charge is 2.33. The summed E-state index contributed by atoms with van der Waals surface area (Å²) in [5, 5.41) is 10.9. The average molecular weight is 375 g/mol. The van der Waals surface area contributed by atoms with Crippen molar-refractivity contribution in [3.8, 4) is 5.88 Å². The second-order valence-corrected chi connectivity index (χ2v) is 8.77. The Hall–Kier alpha value is -1.73. The molecule has 2 aliphatic carbocycles. The van der Waals surface area contributed by atoms with Crippen LogP contribution in [-0.2, 0) is 11.2 Å². The molecule has 2 aliphatic rings. The molecule has 0 aromatic carbocycles. The number of rotatable bonds is 5. The number of nitrogens with two attached hydrogens (primary N) is 1. The summed E-state index contributed by atoms with van der Waals surface area (Å²) in [5.74, 6) is 0.862. The molecule has 0 radical (unpaired) electrons. The fourth-order valence-electron chi connectivity index (χ4n) is 4.26. The van der Waals surface area contributed by atoms with E-state index >= 15 is 0 Å². The van der Waals surface area contributed by atoms with Gasteiger partial charge in [-0.15, -0.1) is 11.3 Å². The molecular weight excluding hydrogens is 350 g/mol. The molecule has 2 heterocycles. The molecule has 1 fully saturated rings. The van der Waals surface area contributed by atoms with E-state index in [2.05, 4.69) is 16.9 Å². The lowest BCUT2D eigenvalue weighted by Gasteiger charge is -2.26. The highest BCUT2D eigenvalue weighted by atomic mass is 32.1. The second-order valence-electron chi connectivity index (χ2n) is 7.69. The van der Waals surface area contributed by atoms with E-state index in [1.807, 2.05) is 0 Å². The SMILES string of the molecule is CC1CCC(Oc2ncnc3sc4c(c23)[C@@H](C[C@@H](O)C(N)=O)CC4)CC1. The number of aromatic nitrogens is 2. The molecule has 0 spiro atoms. The van der Waals surface area contributed by atoms with E-state index in [4.69, 9.17) is 10.5 Å². The molecule has 6 nitrogen and oxygen atoms in total. The summed E-state index contributed by atoms with van der Waals surface area (Å²) in [6.45, 7) is 2.29. The minimum atomic E-state index is -1.12. The Morgan fingerprint density at radius 1 is 1.35 bits per heavy atom. The number of nitrogens with zero attached hydrogens (tertiary/aromatic N) is 2. The number of carbonyl (C=O) groups excluding carboxylic acids is 1. The van der Waals surface area contributed by atoms with E-state index in [-0.39, 0.29) is 12.0 Å². The molecule has 2 aromatic rings. The topological polar surface area (TPSA) is 98.3 Å². The van der Waals surface area contributed by atoms with Crippen LogP contribution in [-0.4, -0.2) is 33.2 Å². The van der Waals surface area contributed by atoms with Crippen molar-refractivity contribution in [2.24, 2.45) is 11.7 Å². The van der Waals surface area contributed by atoms with Gasteiger partial charge in [0.2, 0.25) is 11.8 Å². The first-order valence-corrected chi connectivity index (χ1v) is 10.2. The summed E-state index contributed by atoms with van der Waals surface area (Å²) >= 11 is 1.67. The molecule has 2 aromatic heterocycles. The maximum atomic E-state index is 11.3. The average Bonchev–Trinajstić information content (AvgIpc) is 3.17. The molecule has 0 saturated heterocycles. The van der Waals surface area contributed by atoms with Gasteiger partial charge in [0.1, 0.15) is 23.4 Å². The fraction of sp³-hybridized carbons (Fsp3) is 0.632. The molecule has 0 unspecified atom stereocenters. The molecule has 7 heteroatoms. The van der Waals surface area contributed by atoms with Gasteiger partial charge in [0, 0.05) is 4.88 Å². The molecule has 2 atom stereocenters. The summed E-state index contributed by atoms with van der Waals surface area (Å²) in [6, 6.07) is 0. The van der Waals surface area contributed by atoms with Gasteiger partial charge in [-0.3, -0.25) is 4.79 Å². The number of aryl methyl sites for hydroxylation is 1. The standard InChI is InChI=1S/C19H25N3O3S/c1-10-2-5-12(6-3-10)25-18-16-15-11(8-13(23)17(20)24)4-7-14(15)26-19(16)22-9-21-18/h9-13,23H,2-8H2,1H3,(H2,20,24)/t10?,11-,12?,13-/m1/s1. The van der Waals surface area contributed by atoms with Crippen LogP contribution < -0.4 is 10.5 Å².